The fourth-order valence-corrected chi connectivity index (χ4v) is 1.99. The van der Waals surface area contributed by atoms with Crippen molar-refractivity contribution in [3.8, 4) is 0 Å². The van der Waals surface area contributed by atoms with E-state index in [2.05, 4.69) is 10.6 Å². The standard InChI is InChI=1S/C12H21N3O5/c1-20-6-4-13-10(16)7-14-12(19)15-5-2-3-9(8-15)11(17)18/h9H,2-8H2,1H3,(H,13,16)(H,14,19)(H,17,18)/t9-/m1/s1. The van der Waals surface area contributed by atoms with E-state index < -0.39 is 17.9 Å². The minimum atomic E-state index is -0.889. The summed E-state index contributed by atoms with van der Waals surface area (Å²) in [5.41, 5.74) is 0. The molecule has 1 rings (SSSR count). The summed E-state index contributed by atoms with van der Waals surface area (Å²) in [6.07, 6.45) is 1.24. The van der Waals surface area contributed by atoms with Crippen molar-refractivity contribution < 1.29 is 24.2 Å². The van der Waals surface area contributed by atoms with Gasteiger partial charge in [-0.3, -0.25) is 9.59 Å². The number of urea groups is 1. The molecule has 0 aromatic carbocycles. The molecule has 8 heteroatoms. The smallest absolute Gasteiger partial charge is 0.317 e. The maximum atomic E-state index is 11.8. The minimum absolute atomic E-state index is 0.128. The highest BCUT2D eigenvalue weighted by atomic mass is 16.5. The molecule has 1 fully saturated rings. The molecule has 8 nitrogen and oxygen atoms in total. The lowest BCUT2D eigenvalue weighted by atomic mass is 9.99. The van der Waals surface area contributed by atoms with Gasteiger partial charge in [0, 0.05) is 26.7 Å². The van der Waals surface area contributed by atoms with E-state index in [0.29, 0.717) is 32.5 Å². The van der Waals surface area contributed by atoms with Gasteiger partial charge in [0.1, 0.15) is 0 Å². The second-order valence-electron chi connectivity index (χ2n) is 4.62. The van der Waals surface area contributed by atoms with Crippen LogP contribution in [-0.4, -0.2) is 67.8 Å². The predicted molar refractivity (Wildman–Crippen MR) is 70.2 cm³/mol. The second kappa shape index (κ2) is 8.36. The second-order valence-corrected chi connectivity index (χ2v) is 4.62. The summed E-state index contributed by atoms with van der Waals surface area (Å²) < 4.78 is 4.78. The van der Waals surface area contributed by atoms with Crippen molar-refractivity contribution in [2.24, 2.45) is 5.92 Å². The molecule has 0 aromatic rings. The molecule has 1 saturated heterocycles. The zero-order valence-corrected chi connectivity index (χ0v) is 11.6. The molecule has 0 bridgehead atoms. The molecule has 0 spiro atoms. The lowest BCUT2D eigenvalue weighted by Crippen LogP contribution is -2.49. The van der Waals surface area contributed by atoms with Gasteiger partial charge < -0.3 is 25.4 Å². The number of carboxylic acid groups (broad SMARTS) is 1. The van der Waals surface area contributed by atoms with E-state index in [-0.39, 0.29) is 19.0 Å². The van der Waals surface area contributed by atoms with Crippen LogP contribution in [0.15, 0.2) is 0 Å². The lowest BCUT2D eigenvalue weighted by molar-refractivity contribution is -0.143. The van der Waals surface area contributed by atoms with Crippen molar-refractivity contribution in [2.45, 2.75) is 12.8 Å². The molecule has 20 heavy (non-hydrogen) atoms. The van der Waals surface area contributed by atoms with Crippen molar-refractivity contribution in [3.63, 3.8) is 0 Å². The van der Waals surface area contributed by atoms with Gasteiger partial charge >= 0.3 is 12.0 Å². The first-order chi connectivity index (χ1) is 9.54. The van der Waals surface area contributed by atoms with E-state index in [1.165, 1.54) is 12.0 Å². The molecule has 3 N–H and O–H groups in total. The molecule has 1 atom stereocenters. The van der Waals surface area contributed by atoms with Crippen molar-refractivity contribution >= 4 is 17.9 Å². The van der Waals surface area contributed by atoms with Crippen LogP contribution in [0.2, 0.25) is 0 Å². The topological polar surface area (TPSA) is 108 Å². The number of ether oxygens (including phenoxy) is 1. The van der Waals surface area contributed by atoms with E-state index in [9.17, 15) is 14.4 Å². The maximum absolute atomic E-state index is 11.8. The average molecular weight is 287 g/mol. The van der Waals surface area contributed by atoms with Gasteiger partial charge in [-0.1, -0.05) is 0 Å². The van der Waals surface area contributed by atoms with Crippen LogP contribution in [-0.2, 0) is 14.3 Å². The van der Waals surface area contributed by atoms with Crippen LogP contribution in [0.5, 0.6) is 0 Å². The number of likely N-dealkylation sites (tertiary alicyclic amines) is 1. The number of carbonyl (C=O) groups excluding carboxylic acids is 2. The number of nitrogens with zero attached hydrogens (tertiary/aromatic N) is 1. The monoisotopic (exact) mass is 287 g/mol. The van der Waals surface area contributed by atoms with E-state index in [4.69, 9.17) is 9.84 Å². The molecule has 0 saturated carbocycles. The first-order valence-corrected chi connectivity index (χ1v) is 6.55. The summed E-state index contributed by atoms with van der Waals surface area (Å²) in [6.45, 7) is 1.37. The number of carboxylic acids is 1. The van der Waals surface area contributed by atoms with Crippen molar-refractivity contribution in [1.29, 1.82) is 0 Å². The third-order valence-corrected chi connectivity index (χ3v) is 3.09. The number of rotatable bonds is 6. The summed E-state index contributed by atoms with van der Waals surface area (Å²) in [5.74, 6) is -1.72. The van der Waals surface area contributed by atoms with Crippen LogP contribution < -0.4 is 10.6 Å². The zero-order valence-electron chi connectivity index (χ0n) is 11.6. The third-order valence-electron chi connectivity index (χ3n) is 3.09. The first-order valence-electron chi connectivity index (χ1n) is 6.55. The number of amides is 3. The number of methoxy groups -OCH3 is 1. The zero-order chi connectivity index (χ0) is 15.0. The molecule has 1 aliphatic heterocycles. The molecule has 0 radical (unpaired) electrons. The van der Waals surface area contributed by atoms with E-state index in [1.807, 2.05) is 0 Å². The maximum Gasteiger partial charge on any atom is 0.317 e. The van der Waals surface area contributed by atoms with E-state index in [1.54, 1.807) is 0 Å². The highest BCUT2D eigenvalue weighted by Crippen LogP contribution is 2.16. The van der Waals surface area contributed by atoms with Gasteiger partial charge in [0.25, 0.3) is 0 Å². The Morgan fingerprint density at radius 3 is 2.75 bits per heavy atom. The number of carbonyl (C=O) groups is 3. The first kappa shape index (κ1) is 16.2. The Morgan fingerprint density at radius 1 is 1.35 bits per heavy atom. The summed E-state index contributed by atoms with van der Waals surface area (Å²) in [5, 5.41) is 14.0. The predicted octanol–water partition coefficient (Wildman–Crippen LogP) is -0.745. The van der Waals surface area contributed by atoms with Crippen LogP contribution in [0.4, 0.5) is 4.79 Å². The molecular formula is C12H21N3O5. The number of hydrogen-bond donors (Lipinski definition) is 3. The normalized spacial score (nSPS) is 18.4. The van der Waals surface area contributed by atoms with Crippen LogP contribution in [0.1, 0.15) is 12.8 Å². The molecule has 1 heterocycles. The van der Waals surface area contributed by atoms with Gasteiger partial charge in [0.15, 0.2) is 0 Å². The molecule has 114 valence electrons. The number of nitrogens with one attached hydrogen (secondary N) is 2. The highest BCUT2D eigenvalue weighted by Gasteiger charge is 2.28. The largest absolute Gasteiger partial charge is 0.481 e. The molecule has 0 aliphatic carbocycles. The van der Waals surface area contributed by atoms with Crippen LogP contribution in [0.3, 0.4) is 0 Å². The van der Waals surface area contributed by atoms with Crippen LogP contribution in [0.25, 0.3) is 0 Å². The van der Waals surface area contributed by atoms with Gasteiger partial charge in [-0.05, 0) is 12.8 Å². The Hall–Kier alpha value is -1.83. The van der Waals surface area contributed by atoms with Gasteiger partial charge in [0.2, 0.25) is 5.91 Å². The number of aliphatic carboxylic acids is 1. The average Bonchev–Trinajstić information content (AvgIpc) is 2.45. The van der Waals surface area contributed by atoms with E-state index in [0.717, 1.165) is 0 Å². The van der Waals surface area contributed by atoms with Crippen LogP contribution in [0, 0.1) is 5.92 Å². The minimum Gasteiger partial charge on any atom is -0.481 e. The van der Waals surface area contributed by atoms with Gasteiger partial charge in [-0.2, -0.15) is 0 Å². The fraction of sp³-hybridized carbons (Fsp3) is 0.750. The van der Waals surface area contributed by atoms with Crippen LogP contribution >= 0.6 is 0 Å². The Kier molecular flexibility index (Phi) is 6.78. The summed E-state index contributed by atoms with van der Waals surface area (Å²) in [7, 11) is 1.53. The molecular weight excluding hydrogens is 266 g/mol. The SMILES string of the molecule is COCCNC(=O)CNC(=O)N1CCC[C@@H](C(=O)O)C1. The van der Waals surface area contributed by atoms with Gasteiger partial charge in [-0.25, -0.2) is 4.79 Å². The van der Waals surface area contributed by atoms with E-state index >= 15 is 0 Å². The molecule has 1 aliphatic rings. The summed E-state index contributed by atoms with van der Waals surface area (Å²) in [4.78, 5) is 35.5. The quantitative estimate of drug-likeness (QED) is 0.557. The lowest BCUT2D eigenvalue weighted by Gasteiger charge is -2.30. The third kappa shape index (κ3) is 5.43. The highest BCUT2D eigenvalue weighted by molar-refractivity contribution is 5.84. The number of hydrogen-bond acceptors (Lipinski definition) is 4. The summed E-state index contributed by atoms with van der Waals surface area (Å²) in [6, 6.07) is -0.405. The van der Waals surface area contributed by atoms with Crippen molar-refractivity contribution in [2.75, 3.05) is 39.9 Å². The Labute approximate surface area is 117 Å². The Balaban J connectivity index is 2.28. The molecule has 0 unspecified atom stereocenters. The molecule has 3 amide bonds. The molecule has 0 aromatic heterocycles. The number of piperidine rings is 1. The van der Waals surface area contributed by atoms with Crippen molar-refractivity contribution in [3.05, 3.63) is 0 Å². The summed E-state index contributed by atoms with van der Waals surface area (Å²) >= 11 is 0. The fourth-order valence-electron chi connectivity index (χ4n) is 1.99. The van der Waals surface area contributed by atoms with Crippen molar-refractivity contribution in [1.82, 2.24) is 15.5 Å². The Bertz CT molecular complexity index is 361. The Morgan fingerprint density at radius 2 is 2.10 bits per heavy atom. The van der Waals surface area contributed by atoms with Gasteiger partial charge in [0.05, 0.1) is 19.1 Å². The van der Waals surface area contributed by atoms with Gasteiger partial charge in [-0.15, -0.1) is 0 Å².